The van der Waals surface area contributed by atoms with E-state index in [2.05, 4.69) is 10.3 Å². The third kappa shape index (κ3) is 4.22. The molecule has 0 aliphatic carbocycles. The number of carbonyl (C=O) groups is 1. The molecular weight excluding hydrogens is 278 g/mol. The van der Waals surface area contributed by atoms with Crippen molar-refractivity contribution in [2.45, 2.75) is 25.8 Å². The van der Waals surface area contributed by atoms with Crippen molar-refractivity contribution in [3.05, 3.63) is 53.9 Å². The minimum absolute atomic E-state index is 0.0211. The van der Waals surface area contributed by atoms with E-state index in [9.17, 15) is 4.79 Å². The van der Waals surface area contributed by atoms with E-state index in [-0.39, 0.29) is 18.4 Å². The molecule has 1 atom stereocenters. The van der Waals surface area contributed by atoms with Gasteiger partial charge in [-0.05, 0) is 36.2 Å². The van der Waals surface area contributed by atoms with E-state index in [4.69, 9.17) is 10.5 Å². The molecule has 1 aromatic carbocycles. The van der Waals surface area contributed by atoms with Crippen molar-refractivity contribution in [2.75, 3.05) is 12.8 Å². The van der Waals surface area contributed by atoms with E-state index >= 15 is 0 Å². The highest BCUT2D eigenvalue weighted by atomic mass is 16.5. The lowest BCUT2D eigenvalue weighted by Gasteiger charge is -2.17. The van der Waals surface area contributed by atoms with Crippen molar-refractivity contribution >= 4 is 11.6 Å². The molecule has 1 amide bonds. The normalized spacial score (nSPS) is 11.7. The Labute approximate surface area is 130 Å². The molecule has 0 radical (unpaired) electrons. The lowest BCUT2D eigenvalue weighted by molar-refractivity contribution is -0.121. The van der Waals surface area contributed by atoms with Gasteiger partial charge in [0.05, 0.1) is 31.5 Å². The maximum absolute atomic E-state index is 12.2. The molecule has 0 saturated heterocycles. The summed E-state index contributed by atoms with van der Waals surface area (Å²) in [6.45, 7) is 2.04. The summed E-state index contributed by atoms with van der Waals surface area (Å²) in [5, 5.41) is 3.03. The number of methoxy groups -OCH3 is 1. The lowest BCUT2D eigenvalue weighted by atomic mass is 10.0. The van der Waals surface area contributed by atoms with Crippen LogP contribution in [0.1, 0.15) is 30.6 Å². The van der Waals surface area contributed by atoms with E-state index < -0.39 is 0 Å². The van der Waals surface area contributed by atoms with Gasteiger partial charge < -0.3 is 15.8 Å². The number of nitrogens with zero attached hydrogens (tertiary/aromatic N) is 1. The monoisotopic (exact) mass is 299 g/mol. The summed E-state index contributed by atoms with van der Waals surface area (Å²) < 4.78 is 5.15. The second kappa shape index (κ2) is 7.45. The van der Waals surface area contributed by atoms with Crippen molar-refractivity contribution in [1.82, 2.24) is 10.3 Å². The van der Waals surface area contributed by atoms with Crippen LogP contribution in [0.4, 0.5) is 5.69 Å². The molecule has 5 heteroatoms. The van der Waals surface area contributed by atoms with Crippen LogP contribution in [0.15, 0.2) is 42.6 Å². The standard InChI is InChI=1S/C17H21N3O2/c1-3-16(12-4-8-15(22-2)9-5-12)20-17(21)10-14-7-6-13(18)11-19-14/h4-9,11,16H,3,10,18H2,1-2H3,(H,20,21). The molecule has 1 heterocycles. The van der Waals surface area contributed by atoms with E-state index in [1.54, 1.807) is 25.4 Å². The number of benzene rings is 1. The van der Waals surface area contributed by atoms with E-state index in [1.165, 1.54) is 0 Å². The highest BCUT2D eigenvalue weighted by molar-refractivity contribution is 5.78. The molecular formula is C17H21N3O2. The predicted octanol–water partition coefficient (Wildman–Crippen LogP) is 2.48. The quantitative estimate of drug-likeness (QED) is 0.859. The first-order chi connectivity index (χ1) is 10.6. The van der Waals surface area contributed by atoms with Gasteiger partial charge in [-0.3, -0.25) is 9.78 Å². The second-order valence-electron chi connectivity index (χ2n) is 5.06. The molecule has 3 N–H and O–H groups in total. The fourth-order valence-corrected chi connectivity index (χ4v) is 2.21. The fourth-order valence-electron chi connectivity index (χ4n) is 2.21. The fraction of sp³-hybridized carbons (Fsp3) is 0.294. The minimum atomic E-state index is -0.0556. The topological polar surface area (TPSA) is 77.2 Å². The Morgan fingerprint density at radius 3 is 2.55 bits per heavy atom. The van der Waals surface area contributed by atoms with Gasteiger partial charge in [0.1, 0.15) is 5.75 Å². The summed E-state index contributed by atoms with van der Waals surface area (Å²) in [6, 6.07) is 11.2. The number of ether oxygens (including phenoxy) is 1. The van der Waals surface area contributed by atoms with Crippen molar-refractivity contribution in [1.29, 1.82) is 0 Å². The Morgan fingerprint density at radius 2 is 2.00 bits per heavy atom. The Kier molecular flexibility index (Phi) is 5.36. The molecule has 0 saturated carbocycles. The van der Waals surface area contributed by atoms with Gasteiger partial charge >= 0.3 is 0 Å². The summed E-state index contributed by atoms with van der Waals surface area (Å²) in [7, 11) is 1.63. The zero-order valence-electron chi connectivity index (χ0n) is 12.9. The Balaban J connectivity index is 1.99. The van der Waals surface area contributed by atoms with Crippen LogP contribution in [-0.2, 0) is 11.2 Å². The molecule has 5 nitrogen and oxygen atoms in total. The van der Waals surface area contributed by atoms with Gasteiger partial charge in [-0.1, -0.05) is 19.1 Å². The van der Waals surface area contributed by atoms with E-state index in [1.807, 2.05) is 31.2 Å². The maximum atomic E-state index is 12.2. The molecule has 22 heavy (non-hydrogen) atoms. The number of aromatic nitrogens is 1. The van der Waals surface area contributed by atoms with Crippen LogP contribution >= 0.6 is 0 Å². The van der Waals surface area contributed by atoms with Gasteiger partial charge in [-0.2, -0.15) is 0 Å². The highest BCUT2D eigenvalue weighted by Crippen LogP contribution is 2.20. The third-order valence-corrected chi connectivity index (χ3v) is 3.45. The summed E-state index contributed by atoms with van der Waals surface area (Å²) >= 11 is 0. The summed E-state index contributed by atoms with van der Waals surface area (Å²) in [5.41, 5.74) is 7.94. The second-order valence-corrected chi connectivity index (χ2v) is 5.06. The van der Waals surface area contributed by atoms with Crippen molar-refractivity contribution in [2.24, 2.45) is 0 Å². The first-order valence-electron chi connectivity index (χ1n) is 7.26. The van der Waals surface area contributed by atoms with Gasteiger partial charge in [-0.25, -0.2) is 0 Å². The summed E-state index contributed by atoms with van der Waals surface area (Å²) in [6.07, 6.45) is 2.61. The van der Waals surface area contributed by atoms with Crippen LogP contribution in [-0.4, -0.2) is 18.0 Å². The largest absolute Gasteiger partial charge is 0.497 e. The number of amides is 1. The summed E-state index contributed by atoms with van der Waals surface area (Å²) in [4.78, 5) is 16.3. The molecule has 0 aliphatic heterocycles. The third-order valence-electron chi connectivity index (χ3n) is 3.45. The molecule has 0 fully saturated rings. The number of pyridine rings is 1. The number of nitrogens with one attached hydrogen (secondary N) is 1. The average Bonchev–Trinajstić information content (AvgIpc) is 2.55. The van der Waals surface area contributed by atoms with Crippen molar-refractivity contribution in [3.63, 3.8) is 0 Å². The molecule has 1 unspecified atom stereocenters. The number of nitrogens with two attached hydrogens (primary N) is 1. The first-order valence-corrected chi connectivity index (χ1v) is 7.26. The van der Waals surface area contributed by atoms with Crippen molar-refractivity contribution < 1.29 is 9.53 Å². The molecule has 2 rings (SSSR count). The number of anilines is 1. The molecule has 116 valence electrons. The number of nitrogen functional groups attached to an aromatic ring is 1. The Bertz CT molecular complexity index is 609. The molecule has 2 aromatic rings. The van der Waals surface area contributed by atoms with Gasteiger partial charge in [0.15, 0.2) is 0 Å². The first kappa shape index (κ1) is 15.8. The zero-order chi connectivity index (χ0) is 15.9. The average molecular weight is 299 g/mol. The number of hydrogen-bond acceptors (Lipinski definition) is 4. The van der Waals surface area contributed by atoms with Crippen LogP contribution < -0.4 is 15.8 Å². The Hall–Kier alpha value is -2.56. The smallest absolute Gasteiger partial charge is 0.226 e. The maximum Gasteiger partial charge on any atom is 0.226 e. The van der Waals surface area contributed by atoms with Gasteiger partial charge in [0.2, 0.25) is 5.91 Å². The van der Waals surface area contributed by atoms with Crippen LogP contribution in [0.25, 0.3) is 0 Å². The molecule has 1 aromatic heterocycles. The van der Waals surface area contributed by atoms with Crippen molar-refractivity contribution in [3.8, 4) is 5.75 Å². The SMILES string of the molecule is CCC(NC(=O)Cc1ccc(N)cn1)c1ccc(OC)cc1. The molecule has 0 aliphatic rings. The summed E-state index contributed by atoms with van der Waals surface area (Å²) in [5.74, 6) is 0.746. The minimum Gasteiger partial charge on any atom is -0.497 e. The van der Waals surface area contributed by atoms with E-state index in [0.717, 1.165) is 17.7 Å². The number of hydrogen-bond donors (Lipinski definition) is 2. The zero-order valence-corrected chi connectivity index (χ0v) is 12.9. The van der Waals surface area contributed by atoms with E-state index in [0.29, 0.717) is 11.4 Å². The molecule has 0 bridgehead atoms. The lowest BCUT2D eigenvalue weighted by Crippen LogP contribution is -2.29. The van der Waals surface area contributed by atoms with Crippen LogP contribution in [0.5, 0.6) is 5.75 Å². The van der Waals surface area contributed by atoms with Crippen LogP contribution in [0.2, 0.25) is 0 Å². The van der Waals surface area contributed by atoms with Gasteiger partial charge in [-0.15, -0.1) is 0 Å². The number of carbonyl (C=O) groups excluding carboxylic acids is 1. The Morgan fingerprint density at radius 1 is 1.27 bits per heavy atom. The number of rotatable bonds is 6. The molecule has 0 spiro atoms. The highest BCUT2D eigenvalue weighted by Gasteiger charge is 2.13. The van der Waals surface area contributed by atoms with Crippen LogP contribution in [0.3, 0.4) is 0 Å². The predicted molar refractivity (Wildman–Crippen MR) is 86.5 cm³/mol. The van der Waals surface area contributed by atoms with Crippen LogP contribution in [0, 0.1) is 0 Å². The van der Waals surface area contributed by atoms with Gasteiger partial charge in [0, 0.05) is 5.69 Å². The van der Waals surface area contributed by atoms with Gasteiger partial charge in [0.25, 0.3) is 0 Å².